The summed E-state index contributed by atoms with van der Waals surface area (Å²) in [6.07, 6.45) is -6.43. The van der Waals surface area contributed by atoms with Gasteiger partial charge in [0.25, 0.3) is 0 Å². The number of aliphatic hydroxyl groups excluding tert-OH is 1. The molecule has 0 aliphatic carbocycles. The second kappa shape index (κ2) is 6.44. The topological polar surface area (TPSA) is 46.2 Å². The fraction of sp³-hybridized carbons (Fsp3) is 0.400. The van der Waals surface area contributed by atoms with Gasteiger partial charge < -0.3 is 10.8 Å². The summed E-state index contributed by atoms with van der Waals surface area (Å²) in [5.74, 6) is 0. The van der Waals surface area contributed by atoms with Crippen LogP contribution in [0.5, 0.6) is 0 Å². The van der Waals surface area contributed by atoms with E-state index in [1.165, 1.54) is 12.1 Å². The Balaban J connectivity index is 0.00000256. The molecule has 1 aromatic rings. The van der Waals surface area contributed by atoms with E-state index in [4.69, 9.17) is 17.3 Å². The van der Waals surface area contributed by atoms with Gasteiger partial charge in [-0.1, -0.05) is 29.8 Å². The molecule has 17 heavy (non-hydrogen) atoms. The average molecular weight is 290 g/mol. The van der Waals surface area contributed by atoms with Crippen molar-refractivity contribution < 1.29 is 18.3 Å². The zero-order valence-electron chi connectivity index (χ0n) is 8.62. The molecule has 0 bridgehead atoms. The van der Waals surface area contributed by atoms with Crippen LogP contribution in [-0.4, -0.2) is 17.3 Å². The van der Waals surface area contributed by atoms with E-state index in [1.807, 2.05) is 0 Å². The maximum absolute atomic E-state index is 12.2. The minimum atomic E-state index is -4.51. The Hall–Kier alpha value is -0.490. The van der Waals surface area contributed by atoms with Crippen molar-refractivity contribution >= 4 is 24.0 Å². The maximum Gasteiger partial charge on any atom is 0.403 e. The minimum absolute atomic E-state index is 0. The van der Waals surface area contributed by atoms with Crippen LogP contribution < -0.4 is 5.73 Å². The first-order chi connectivity index (χ1) is 7.32. The Bertz CT molecular complexity index is 360. The fourth-order valence-corrected chi connectivity index (χ4v) is 1.51. The fourth-order valence-electron chi connectivity index (χ4n) is 1.25. The zero-order chi connectivity index (χ0) is 12.3. The lowest BCUT2D eigenvalue weighted by molar-refractivity contribution is -0.153. The molecule has 0 spiro atoms. The molecule has 2 atom stereocenters. The molecule has 0 aliphatic rings. The molecule has 0 aromatic heterocycles. The van der Waals surface area contributed by atoms with Crippen molar-refractivity contribution in [1.82, 2.24) is 0 Å². The first kappa shape index (κ1) is 16.5. The Kier molecular flexibility index (Phi) is 6.26. The molecule has 98 valence electrons. The van der Waals surface area contributed by atoms with Gasteiger partial charge in [-0.25, -0.2) is 0 Å². The van der Waals surface area contributed by atoms with Gasteiger partial charge >= 0.3 is 6.18 Å². The van der Waals surface area contributed by atoms with Crippen molar-refractivity contribution in [2.45, 2.75) is 24.7 Å². The van der Waals surface area contributed by atoms with Gasteiger partial charge in [0.05, 0.1) is 6.10 Å². The quantitative estimate of drug-likeness (QED) is 0.898. The van der Waals surface area contributed by atoms with E-state index in [-0.39, 0.29) is 23.0 Å². The highest BCUT2D eigenvalue weighted by Crippen LogP contribution is 2.29. The van der Waals surface area contributed by atoms with E-state index < -0.39 is 24.7 Å². The van der Waals surface area contributed by atoms with Gasteiger partial charge in [0.2, 0.25) is 0 Å². The molecule has 2 nitrogen and oxygen atoms in total. The summed E-state index contributed by atoms with van der Waals surface area (Å²) >= 11 is 5.73. The lowest BCUT2D eigenvalue weighted by atomic mass is 10.0. The van der Waals surface area contributed by atoms with Crippen molar-refractivity contribution in [3.8, 4) is 0 Å². The highest BCUT2D eigenvalue weighted by Gasteiger charge is 2.38. The van der Waals surface area contributed by atoms with Crippen LogP contribution in [0.3, 0.4) is 0 Å². The summed E-state index contributed by atoms with van der Waals surface area (Å²) < 4.78 is 36.5. The summed E-state index contributed by atoms with van der Waals surface area (Å²) in [5.41, 5.74) is 5.16. The summed E-state index contributed by atoms with van der Waals surface area (Å²) in [6.45, 7) is 0. The third-order valence-electron chi connectivity index (χ3n) is 2.16. The van der Waals surface area contributed by atoms with E-state index in [1.54, 1.807) is 12.1 Å². The van der Waals surface area contributed by atoms with Crippen LogP contribution >= 0.6 is 24.0 Å². The van der Waals surface area contributed by atoms with Crippen LogP contribution in [-0.2, 0) is 0 Å². The predicted molar refractivity (Wildman–Crippen MR) is 62.3 cm³/mol. The number of benzene rings is 1. The number of hydrogen-bond acceptors (Lipinski definition) is 2. The van der Waals surface area contributed by atoms with Crippen molar-refractivity contribution in [3.63, 3.8) is 0 Å². The van der Waals surface area contributed by atoms with Crippen LogP contribution in [0, 0.1) is 0 Å². The van der Waals surface area contributed by atoms with Crippen molar-refractivity contribution in [2.75, 3.05) is 0 Å². The van der Waals surface area contributed by atoms with Gasteiger partial charge in [-0.05, 0) is 11.6 Å². The number of rotatable bonds is 3. The smallest absolute Gasteiger partial charge is 0.388 e. The summed E-state index contributed by atoms with van der Waals surface area (Å²) in [7, 11) is 0. The van der Waals surface area contributed by atoms with E-state index in [9.17, 15) is 18.3 Å². The lowest BCUT2D eigenvalue weighted by Crippen LogP contribution is -2.38. The highest BCUT2D eigenvalue weighted by molar-refractivity contribution is 6.31. The number of aliphatic hydroxyl groups is 1. The number of nitrogens with two attached hydrogens (primary N) is 1. The Morgan fingerprint density at radius 1 is 1.29 bits per heavy atom. The molecule has 0 saturated heterocycles. The van der Waals surface area contributed by atoms with Crippen LogP contribution in [0.2, 0.25) is 5.02 Å². The third-order valence-corrected chi connectivity index (χ3v) is 2.51. The third kappa shape index (κ3) is 4.71. The normalized spacial score (nSPS) is 14.9. The molecule has 7 heteroatoms. The number of alkyl halides is 3. The van der Waals surface area contributed by atoms with E-state index in [2.05, 4.69) is 0 Å². The highest BCUT2D eigenvalue weighted by atomic mass is 35.5. The van der Waals surface area contributed by atoms with Crippen LogP contribution in [0.4, 0.5) is 13.2 Å². The van der Waals surface area contributed by atoms with Gasteiger partial charge in [0.15, 0.2) is 0 Å². The second-order valence-corrected chi connectivity index (χ2v) is 3.83. The molecular weight excluding hydrogens is 278 g/mol. The Morgan fingerprint density at radius 2 is 1.82 bits per heavy atom. The predicted octanol–water partition coefficient (Wildman–Crippen LogP) is 3.07. The van der Waals surface area contributed by atoms with Gasteiger partial charge in [0, 0.05) is 11.4 Å². The Labute approximate surface area is 108 Å². The van der Waals surface area contributed by atoms with Gasteiger partial charge in [-0.2, -0.15) is 13.2 Å². The Morgan fingerprint density at radius 3 is 2.29 bits per heavy atom. The molecule has 1 rings (SSSR count). The van der Waals surface area contributed by atoms with Crippen molar-refractivity contribution in [3.05, 3.63) is 34.9 Å². The largest absolute Gasteiger partial charge is 0.403 e. The maximum atomic E-state index is 12.2. The molecule has 0 heterocycles. The number of hydrogen-bond donors (Lipinski definition) is 2. The minimum Gasteiger partial charge on any atom is -0.388 e. The molecule has 0 aliphatic heterocycles. The molecular formula is C10H12Cl2F3NO. The summed E-state index contributed by atoms with van der Waals surface area (Å²) in [5, 5.41) is 9.80. The summed E-state index contributed by atoms with van der Waals surface area (Å²) in [6, 6.07) is 4.12. The second-order valence-electron chi connectivity index (χ2n) is 3.42. The summed E-state index contributed by atoms with van der Waals surface area (Å²) in [4.78, 5) is 0. The van der Waals surface area contributed by atoms with Crippen LogP contribution in [0.25, 0.3) is 0 Å². The first-order valence-electron chi connectivity index (χ1n) is 4.57. The van der Waals surface area contributed by atoms with Crippen molar-refractivity contribution in [2.24, 2.45) is 5.73 Å². The standard InChI is InChI=1S/C10H11ClF3NO.ClH/c11-7-4-2-1-3-6(7)8(16)5-9(15)10(12,13)14;/h1-4,8-9,16H,5,15H2;1H/t8-,9+;/m1./s1. The average Bonchev–Trinajstić information content (AvgIpc) is 2.16. The molecule has 0 unspecified atom stereocenters. The first-order valence-corrected chi connectivity index (χ1v) is 4.95. The number of halogens is 5. The molecule has 0 amide bonds. The molecule has 1 aromatic carbocycles. The SMILES string of the molecule is Cl.N[C@@H](C[C@@H](O)c1ccccc1Cl)C(F)(F)F. The van der Waals surface area contributed by atoms with E-state index >= 15 is 0 Å². The zero-order valence-corrected chi connectivity index (χ0v) is 10.2. The van der Waals surface area contributed by atoms with Gasteiger partial charge in [0.1, 0.15) is 6.04 Å². The van der Waals surface area contributed by atoms with Crippen LogP contribution in [0.15, 0.2) is 24.3 Å². The molecule has 0 saturated carbocycles. The molecule has 0 fully saturated rings. The van der Waals surface area contributed by atoms with Crippen molar-refractivity contribution in [1.29, 1.82) is 0 Å². The van der Waals surface area contributed by atoms with E-state index in [0.29, 0.717) is 0 Å². The van der Waals surface area contributed by atoms with Crippen LogP contribution in [0.1, 0.15) is 18.1 Å². The van der Waals surface area contributed by atoms with Gasteiger partial charge in [-0.15, -0.1) is 12.4 Å². The van der Waals surface area contributed by atoms with Gasteiger partial charge in [-0.3, -0.25) is 0 Å². The molecule has 3 N–H and O–H groups in total. The molecule has 0 radical (unpaired) electrons. The van der Waals surface area contributed by atoms with E-state index in [0.717, 1.165) is 0 Å². The lowest BCUT2D eigenvalue weighted by Gasteiger charge is -2.19. The monoisotopic (exact) mass is 289 g/mol.